The molecule has 2 aromatic rings. The number of aromatic nitrogens is 2. The van der Waals surface area contributed by atoms with Gasteiger partial charge < -0.3 is 11.1 Å². The van der Waals surface area contributed by atoms with Crippen molar-refractivity contribution in [2.24, 2.45) is 5.73 Å². The summed E-state index contributed by atoms with van der Waals surface area (Å²) in [6.07, 6.45) is 2.78. The quantitative estimate of drug-likeness (QED) is 0.560. The number of rotatable bonds is 6. The molecule has 0 radical (unpaired) electrons. The van der Waals surface area contributed by atoms with Crippen LogP contribution in [0.1, 0.15) is 37.6 Å². The first kappa shape index (κ1) is 14.8. The highest BCUT2D eigenvalue weighted by Gasteiger charge is 2.08. The van der Waals surface area contributed by atoms with Crippen molar-refractivity contribution in [2.75, 3.05) is 0 Å². The lowest BCUT2D eigenvalue weighted by molar-refractivity contribution is 0.831. The summed E-state index contributed by atoms with van der Waals surface area (Å²) in [5.74, 6) is -0.0660. The molecule has 0 saturated carbocycles. The summed E-state index contributed by atoms with van der Waals surface area (Å²) < 4.78 is 0. The molecule has 0 atom stereocenters. The van der Waals surface area contributed by atoms with Gasteiger partial charge in [-0.25, -0.2) is 9.97 Å². The predicted octanol–water partition coefficient (Wildman–Crippen LogP) is 2.99. The standard InChI is InChI=1S/C16H19N5/c1-2-3-6-11(17)12-7-4-8-13(20-12)14-9-5-10-15(21-14)16(18)19/h4-5,7-10,17H,2-3,6H2,1H3,(H3,18,19). The fraction of sp³-hybridized carbons (Fsp3) is 0.250. The monoisotopic (exact) mass is 281 g/mol. The second-order valence-corrected chi connectivity index (χ2v) is 4.81. The minimum Gasteiger partial charge on any atom is -0.382 e. The predicted molar refractivity (Wildman–Crippen MR) is 84.8 cm³/mol. The Hall–Kier alpha value is -2.56. The molecular formula is C16H19N5. The third kappa shape index (κ3) is 3.72. The van der Waals surface area contributed by atoms with Crippen LogP contribution in [0.15, 0.2) is 36.4 Å². The molecule has 0 aromatic carbocycles. The van der Waals surface area contributed by atoms with Gasteiger partial charge in [-0.3, -0.25) is 5.41 Å². The van der Waals surface area contributed by atoms with Crippen molar-refractivity contribution in [1.29, 1.82) is 10.8 Å². The van der Waals surface area contributed by atoms with Crippen LogP contribution in [0.25, 0.3) is 11.4 Å². The maximum absolute atomic E-state index is 8.07. The zero-order valence-corrected chi connectivity index (χ0v) is 12.1. The van der Waals surface area contributed by atoms with E-state index in [-0.39, 0.29) is 5.84 Å². The van der Waals surface area contributed by atoms with E-state index in [4.69, 9.17) is 16.6 Å². The van der Waals surface area contributed by atoms with Crippen LogP contribution in [0.3, 0.4) is 0 Å². The van der Waals surface area contributed by atoms with Crippen LogP contribution in [-0.2, 0) is 0 Å². The molecule has 0 saturated heterocycles. The number of hydrogen-bond donors (Lipinski definition) is 3. The lowest BCUT2D eigenvalue weighted by Gasteiger charge is -2.06. The van der Waals surface area contributed by atoms with E-state index in [1.54, 1.807) is 12.1 Å². The fourth-order valence-electron chi connectivity index (χ4n) is 1.95. The first-order valence-corrected chi connectivity index (χ1v) is 6.98. The molecule has 2 rings (SSSR count). The van der Waals surface area contributed by atoms with Gasteiger partial charge >= 0.3 is 0 Å². The van der Waals surface area contributed by atoms with E-state index in [1.807, 2.05) is 24.3 Å². The number of nitrogen functional groups attached to an aromatic ring is 1. The summed E-state index contributed by atoms with van der Waals surface area (Å²) in [5, 5.41) is 15.5. The average molecular weight is 281 g/mol. The SMILES string of the molecule is CCCCC(=N)c1cccc(-c2cccc(C(=N)N)n2)n1. The zero-order chi connectivity index (χ0) is 15.2. The Balaban J connectivity index is 2.30. The van der Waals surface area contributed by atoms with E-state index < -0.39 is 0 Å². The molecule has 0 aliphatic carbocycles. The van der Waals surface area contributed by atoms with Crippen molar-refractivity contribution < 1.29 is 0 Å². The van der Waals surface area contributed by atoms with E-state index in [0.29, 0.717) is 28.5 Å². The number of amidine groups is 1. The molecule has 2 heterocycles. The maximum Gasteiger partial charge on any atom is 0.141 e. The van der Waals surface area contributed by atoms with Gasteiger partial charge in [0, 0.05) is 0 Å². The first-order chi connectivity index (χ1) is 10.1. The van der Waals surface area contributed by atoms with Gasteiger partial charge in [0.2, 0.25) is 0 Å². The lowest BCUT2D eigenvalue weighted by atomic mass is 10.1. The van der Waals surface area contributed by atoms with Gasteiger partial charge in [0.1, 0.15) is 11.5 Å². The average Bonchev–Trinajstić information content (AvgIpc) is 2.52. The van der Waals surface area contributed by atoms with Crippen molar-refractivity contribution in [1.82, 2.24) is 9.97 Å². The molecule has 2 aromatic heterocycles. The normalized spacial score (nSPS) is 10.3. The molecule has 5 heteroatoms. The molecule has 0 aliphatic rings. The number of pyridine rings is 2. The molecule has 0 amide bonds. The molecule has 5 nitrogen and oxygen atoms in total. The second kappa shape index (κ2) is 6.74. The Morgan fingerprint density at radius 2 is 1.57 bits per heavy atom. The zero-order valence-electron chi connectivity index (χ0n) is 12.1. The second-order valence-electron chi connectivity index (χ2n) is 4.81. The van der Waals surface area contributed by atoms with Gasteiger partial charge in [0.15, 0.2) is 0 Å². The molecule has 0 fully saturated rings. The molecule has 0 spiro atoms. The molecule has 108 valence electrons. The summed E-state index contributed by atoms with van der Waals surface area (Å²) >= 11 is 0. The highest BCUT2D eigenvalue weighted by Crippen LogP contribution is 2.16. The van der Waals surface area contributed by atoms with Gasteiger partial charge in [-0.15, -0.1) is 0 Å². The van der Waals surface area contributed by atoms with Crippen molar-refractivity contribution in [3.05, 3.63) is 47.8 Å². The number of nitrogens with one attached hydrogen (secondary N) is 2. The summed E-state index contributed by atoms with van der Waals surface area (Å²) in [4.78, 5) is 8.82. The maximum atomic E-state index is 8.07. The number of hydrogen-bond acceptors (Lipinski definition) is 4. The molecule has 21 heavy (non-hydrogen) atoms. The summed E-state index contributed by atoms with van der Waals surface area (Å²) in [6, 6.07) is 10.9. The first-order valence-electron chi connectivity index (χ1n) is 6.98. The Morgan fingerprint density at radius 1 is 1.00 bits per heavy atom. The number of unbranched alkanes of at least 4 members (excludes halogenated alkanes) is 1. The highest BCUT2D eigenvalue weighted by molar-refractivity contribution is 5.97. The topological polar surface area (TPSA) is 99.5 Å². The minimum atomic E-state index is -0.0660. The van der Waals surface area contributed by atoms with E-state index in [1.165, 1.54) is 0 Å². The van der Waals surface area contributed by atoms with Gasteiger partial charge in [-0.2, -0.15) is 0 Å². The minimum absolute atomic E-state index is 0.0660. The third-order valence-corrected chi connectivity index (χ3v) is 3.13. The molecule has 0 unspecified atom stereocenters. The Labute approximate surface area is 124 Å². The van der Waals surface area contributed by atoms with Crippen LogP contribution in [0.5, 0.6) is 0 Å². The molecule has 0 bridgehead atoms. The van der Waals surface area contributed by atoms with E-state index in [9.17, 15) is 0 Å². The fourth-order valence-corrected chi connectivity index (χ4v) is 1.95. The van der Waals surface area contributed by atoms with E-state index in [0.717, 1.165) is 19.3 Å². The summed E-state index contributed by atoms with van der Waals surface area (Å²) in [7, 11) is 0. The van der Waals surface area contributed by atoms with E-state index in [2.05, 4.69) is 16.9 Å². The van der Waals surface area contributed by atoms with Crippen LogP contribution in [0.2, 0.25) is 0 Å². The van der Waals surface area contributed by atoms with Crippen molar-refractivity contribution in [3.63, 3.8) is 0 Å². The summed E-state index contributed by atoms with van der Waals surface area (Å²) in [6.45, 7) is 2.11. The number of nitrogens with two attached hydrogens (primary N) is 1. The van der Waals surface area contributed by atoms with E-state index >= 15 is 0 Å². The third-order valence-electron chi connectivity index (χ3n) is 3.13. The van der Waals surface area contributed by atoms with Crippen LogP contribution < -0.4 is 5.73 Å². The molecular weight excluding hydrogens is 262 g/mol. The molecule has 0 aliphatic heterocycles. The number of nitrogens with zero attached hydrogens (tertiary/aromatic N) is 2. The Bertz CT molecular complexity index is 663. The highest BCUT2D eigenvalue weighted by atomic mass is 14.8. The smallest absolute Gasteiger partial charge is 0.141 e. The van der Waals surface area contributed by atoms with Gasteiger partial charge in [-0.1, -0.05) is 25.5 Å². The lowest BCUT2D eigenvalue weighted by Crippen LogP contribution is -2.13. The van der Waals surface area contributed by atoms with Gasteiger partial charge in [0.05, 0.1) is 22.8 Å². The van der Waals surface area contributed by atoms with Gasteiger partial charge in [0.25, 0.3) is 0 Å². The van der Waals surface area contributed by atoms with Crippen LogP contribution >= 0.6 is 0 Å². The van der Waals surface area contributed by atoms with Crippen LogP contribution in [-0.4, -0.2) is 21.5 Å². The van der Waals surface area contributed by atoms with Crippen LogP contribution in [0, 0.1) is 10.8 Å². The molecule has 4 N–H and O–H groups in total. The van der Waals surface area contributed by atoms with Crippen molar-refractivity contribution in [2.45, 2.75) is 26.2 Å². The van der Waals surface area contributed by atoms with Crippen molar-refractivity contribution >= 4 is 11.5 Å². The Morgan fingerprint density at radius 3 is 2.14 bits per heavy atom. The van der Waals surface area contributed by atoms with Crippen LogP contribution in [0.4, 0.5) is 0 Å². The van der Waals surface area contributed by atoms with Crippen molar-refractivity contribution in [3.8, 4) is 11.4 Å². The summed E-state index contributed by atoms with van der Waals surface area (Å²) in [5.41, 5.74) is 8.46. The largest absolute Gasteiger partial charge is 0.382 e. The Kier molecular flexibility index (Phi) is 4.77. The van der Waals surface area contributed by atoms with Gasteiger partial charge in [-0.05, 0) is 37.1 Å².